The van der Waals surface area contributed by atoms with Crippen LogP contribution < -0.4 is 0 Å². The van der Waals surface area contributed by atoms with Crippen molar-refractivity contribution in [1.82, 2.24) is 0 Å². The van der Waals surface area contributed by atoms with Crippen molar-refractivity contribution >= 4 is 6.29 Å². The van der Waals surface area contributed by atoms with E-state index in [-0.39, 0.29) is 56.7 Å². The zero-order valence-electron chi connectivity index (χ0n) is 32.9. The van der Waals surface area contributed by atoms with Gasteiger partial charge in [-0.1, -0.05) is 41.5 Å². The van der Waals surface area contributed by atoms with Gasteiger partial charge in [0.1, 0.15) is 49.0 Å². The zero-order valence-corrected chi connectivity index (χ0v) is 32.9. The van der Waals surface area contributed by atoms with Crippen molar-refractivity contribution in [3.63, 3.8) is 0 Å². The summed E-state index contributed by atoms with van der Waals surface area (Å²) in [6.07, 6.45) is -3.50. The largest absolute Gasteiger partial charge is 0.394 e. The van der Waals surface area contributed by atoms with Gasteiger partial charge in [-0.2, -0.15) is 0 Å². The Hall–Kier alpha value is -0.810. The van der Waals surface area contributed by atoms with Gasteiger partial charge < -0.3 is 64.2 Å². The Bertz CT molecular complexity index is 1440. The van der Waals surface area contributed by atoms with Gasteiger partial charge in [0.2, 0.25) is 0 Å². The highest BCUT2D eigenvalue weighted by Crippen LogP contribution is 2.80. The van der Waals surface area contributed by atoms with Gasteiger partial charge in [0.25, 0.3) is 0 Å². The van der Waals surface area contributed by atoms with Crippen molar-refractivity contribution in [1.29, 1.82) is 0 Å². The van der Waals surface area contributed by atoms with E-state index in [0.29, 0.717) is 18.4 Å². The first-order valence-corrected chi connectivity index (χ1v) is 20.7. The SMILES string of the molecule is CC1(C=O)CCC23COC4(CCC5C6(C)CCC(OC7OCC(OC8OC(CO)C(O)C(O)C8O)C(O)C7O)C(C)(C)C6CCC5(C)C4(C)CC2O)C3C1. The summed E-state index contributed by atoms with van der Waals surface area (Å²) in [5.41, 5.74) is -1.68. The summed E-state index contributed by atoms with van der Waals surface area (Å²) in [6, 6.07) is 0. The number of carbonyl (C=O) groups is 1. The molecule has 8 aliphatic rings. The molecule has 308 valence electrons. The van der Waals surface area contributed by atoms with E-state index in [4.69, 9.17) is 23.7 Å². The van der Waals surface area contributed by atoms with Crippen LogP contribution in [0.25, 0.3) is 0 Å². The molecular formula is C41H66O13. The smallest absolute Gasteiger partial charge is 0.187 e. The van der Waals surface area contributed by atoms with E-state index in [2.05, 4.69) is 41.5 Å². The molecule has 1 spiro atoms. The Kier molecular flexibility index (Phi) is 9.70. The van der Waals surface area contributed by atoms with Crippen molar-refractivity contribution < 1.29 is 64.2 Å². The number of aldehydes is 1. The van der Waals surface area contributed by atoms with E-state index in [1.807, 2.05) is 0 Å². The molecule has 0 aromatic rings. The van der Waals surface area contributed by atoms with Crippen LogP contribution >= 0.6 is 0 Å². The fraction of sp³-hybridized carbons (Fsp3) is 0.976. The second kappa shape index (κ2) is 13.1. The van der Waals surface area contributed by atoms with E-state index in [9.17, 15) is 40.5 Å². The molecule has 8 fully saturated rings. The Morgan fingerprint density at radius 1 is 0.722 bits per heavy atom. The molecule has 20 unspecified atom stereocenters. The average Bonchev–Trinajstić information content (AvgIpc) is 3.41. The first kappa shape index (κ1) is 40.0. The number of aliphatic hydroxyl groups is 7. The zero-order chi connectivity index (χ0) is 39.0. The molecule has 7 N–H and O–H groups in total. The van der Waals surface area contributed by atoms with Crippen molar-refractivity contribution in [3.8, 4) is 0 Å². The van der Waals surface area contributed by atoms with Crippen LogP contribution in [0.15, 0.2) is 0 Å². The number of fused-ring (bicyclic) bond motifs is 4. The Balaban J connectivity index is 0.976. The van der Waals surface area contributed by atoms with Crippen LogP contribution in [0.5, 0.6) is 0 Å². The number of ether oxygens (including phenoxy) is 5. The minimum absolute atomic E-state index is 0.0150. The number of hydrogen-bond acceptors (Lipinski definition) is 13. The summed E-state index contributed by atoms with van der Waals surface area (Å²) in [7, 11) is 0. The molecule has 13 nitrogen and oxygen atoms in total. The minimum Gasteiger partial charge on any atom is -0.394 e. The topological polar surface area (TPSA) is 205 Å². The van der Waals surface area contributed by atoms with Crippen LogP contribution in [0, 0.1) is 50.2 Å². The van der Waals surface area contributed by atoms with Crippen LogP contribution in [0.1, 0.15) is 106 Å². The first-order chi connectivity index (χ1) is 25.3. The molecule has 0 amide bonds. The van der Waals surface area contributed by atoms with Gasteiger partial charge in [-0.3, -0.25) is 0 Å². The summed E-state index contributed by atoms with van der Waals surface area (Å²) in [5, 5.41) is 74.7. The van der Waals surface area contributed by atoms with Crippen LogP contribution in [0.2, 0.25) is 0 Å². The van der Waals surface area contributed by atoms with Gasteiger partial charge in [0.15, 0.2) is 12.6 Å². The summed E-state index contributed by atoms with van der Waals surface area (Å²) in [5.74, 6) is 0.854. The lowest BCUT2D eigenvalue weighted by Gasteiger charge is -2.75. The van der Waals surface area contributed by atoms with E-state index < -0.39 is 68.0 Å². The summed E-state index contributed by atoms with van der Waals surface area (Å²) >= 11 is 0. The summed E-state index contributed by atoms with van der Waals surface area (Å²) in [4.78, 5) is 12.4. The third-order valence-electron chi connectivity index (χ3n) is 18.1. The Morgan fingerprint density at radius 2 is 1.43 bits per heavy atom. The van der Waals surface area contributed by atoms with Crippen molar-refractivity contribution in [2.24, 2.45) is 50.2 Å². The second-order valence-corrected chi connectivity index (χ2v) is 20.6. The monoisotopic (exact) mass is 766 g/mol. The molecule has 0 aromatic heterocycles. The molecule has 3 aliphatic heterocycles. The maximum atomic E-state index is 12.4. The third-order valence-corrected chi connectivity index (χ3v) is 18.1. The van der Waals surface area contributed by atoms with Gasteiger partial charge in [0.05, 0.1) is 37.6 Å². The quantitative estimate of drug-likeness (QED) is 0.153. The molecule has 13 heteroatoms. The number of aliphatic hydroxyl groups excluding tert-OH is 7. The second-order valence-electron chi connectivity index (χ2n) is 20.6. The van der Waals surface area contributed by atoms with E-state index >= 15 is 0 Å². The van der Waals surface area contributed by atoms with Gasteiger partial charge in [0, 0.05) is 16.2 Å². The van der Waals surface area contributed by atoms with Gasteiger partial charge in [-0.05, 0) is 98.2 Å². The maximum Gasteiger partial charge on any atom is 0.187 e. The molecule has 5 aliphatic carbocycles. The highest BCUT2D eigenvalue weighted by atomic mass is 16.7. The van der Waals surface area contributed by atoms with Crippen molar-refractivity contribution in [3.05, 3.63) is 0 Å². The van der Waals surface area contributed by atoms with Crippen LogP contribution in [-0.4, -0.2) is 135 Å². The molecule has 20 atom stereocenters. The fourth-order valence-corrected chi connectivity index (χ4v) is 14.7. The van der Waals surface area contributed by atoms with E-state index in [1.54, 1.807) is 0 Å². The molecule has 3 heterocycles. The molecule has 54 heavy (non-hydrogen) atoms. The molecular weight excluding hydrogens is 700 g/mol. The van der Waals surface area contributed by atoms with Crippen LogP contribution in [-0.2, 0) is 28.5 Å². The number of hydrogen-bond donors (Lipinski definition) is 7. The first-order valence-electron chi connectivity index (χ1n) is 20.7. The predicted molar refractivity (Wildman–Crippen MR) is 191 cm³/mol. The lowest BCUT2D eigenvalue weighted by Crippen LogP contribution is -2.74. The highest BCUT2D eigenvalue weighted by Gasteiger charge is 2.80. The number of carbonyl (C=O) groups excluding carboxylic acids is 1. The van der Waals surface area contributed by atoms with Gasteiger partial charge in [-0.15, -0.1) is 0 Å². The molecule has 0 radical (unpaired) electrons. The molecule has 0 aromatic carbocycles. The molecule has 2 bridgehead atoms. The average molecular weight is 767 g/mol. The Morgan fingerprint density at radius 3 is 2.13 bits per heavy atom. The summed E-state index contributed by atoms with van der Waals surface area (Å²) < 4.78 is 30.9. The molecule has 5 saturated carbocycles. The van der Waals surface area contributed by atoms with E-state index in [0.717, 1.165) is 70.5 Å². The normalized spacial score (nSPS) is 59.4. The van der Waals surface area contributed by atoms with Crippen LogP contribution in [0.4, 0.5) is 0 Å². The molecule has 8 rings (SSSR count). The fourth-order valence-electron chi connectivity index (χ4n) is 14.7. The predicted octanol–water partition coefficient (Wildman–Crippen LogP) is 1.82. The Labute approximate surface area is 319 Å². The number of rotatable bonds is 6. The minimum atomic E-state index is -1.65. The highest BCUT2D eigenvalue weighted by molar-refractivity contribution is 5.59. The molecule has 3 saturated heterocycles. The maximum absolute atomic E-state index is 12.4. The van der Waals surface area contributed by atoms with Gasteiger partial charge in [-0.25, -0.2) is 0 Å². The van der Waals surface area contributed by atoms with Gasteiger partial charge >= 0.3 is 0 Å². The van der Waals surface area contributed by atoms with E-state index in [1.165, 1.54) is 0 Å². The third kappa shape index (κ3) is 5.22. The lowest BCUT2D eigenvalue weighted by molar-refractivity contribution is -0.353. The standard InChI is InChI=1S/C41H66O13/c1-35(2)23-7-11-38(5)24(8-12-41-25-15-36(3,19-43)13-14-40(25,20-51-41)26(44)16-39(38,41)6)37(23,4)10-9-27(35)54-33-31(48)29(46)22(18-50-33)53-34-32(49)30(47)28(45)21(17-42)52-34/h19,21-34,42,44-49H,7-18,20H2,1-6H3. The van der Waals surface area contributed by atoms with Crippen molar-refractivity contribution in [2.75, 3.05) is 19.8 Å². The van der Waals surface area contributed by atoms with Crippen LogP contribution in [0.3, 0.4) is 0 Å². The van der Waals surface area contributed by atoms with Crippen molar-refractivity contribution in [2.45, 2.75) is 179 Å². The lowest BCUT2D eigenvalue weighted by atomic mass is 9.30. The summed E-state index contributed by atoms with van der Waals surface area (Å²) in [6.45, 7) is 13.8.